The Bertz CT molecular complexity index is 378. The molecular formula is C16H26N2. The summed E-state index contributed by atoms with van der Waals surface area (Å²) in [5.74, 6) is 0.799. The van der Waals surface area contributed by atoms with Gasteiger partial charge < -0.3 is 10.2 Å². The maximum absolute atomic E-state index is 3.56. The molecule has 2 heteroatoms. The monoisotopic (exact) mass is 246 g/mol. The number of aryl methyl sites for hydroxylation is 2. The van der Waals surface area contributed by atoms with Crippen LogP contribution in [0.1, 0.15) is 31.4 Å². The summed E-state index contributed by atoms with van der Waals surface area (Å²) < 4.78 is 0. The first-order valence-corrected chi connectivity index (χ1v) is 7.11. The molecule has 1 fully saturated rings. The molecule has 1 aliphatic heterocycles. The zero-order chi connectivity index (χ0) is 13.1. The number of hydrogen-bond donors (Lipinski definition) is 1. The smallest absolute Gasteiger partial charge is 0.0371 e. The van der Waals surface area contributed by atoms with Crippen molar-refractivity contribution in [1.29, 1.82) is 0 Å². The van der Waals surface area contributed by atoms with Gasteiger partial charge in [-0.05, 0) is 56.0 Å². The Labute approximate surface area is 111 Å². The molecule has 2 rings (SSSR count). The molecule has 0 saturated carbocycles. The molecule has 100 valence electrons. The van der Waals surface area contributed by atoms with E-state index in [-0.39, 0.29) is 0 Å². The summed E-state index contributed by atoms with van der Waals surface area (Å²) in [6.45, 7) is 12.4. The molecule has 0 bridgehead atoms. The Kier molecular flexibility index (Phi) is 4.28. The van der Waals surface area contributed by atoms with Gasteiger partial charge in [-0.3, -0.25) is 0 Å². The Hall–Kier alpha value is -1.02. The first kappa shape index (κ1) is 13.4. The van der Waals surface area contributed by atoms with Gasteiger partial charge in [0.15, 0.2) is 0 Å². The summed E-state index contributed by atoms with van der Waals surface area (Å²) >= 11 is 0. The van der Waals surface area contributed by atoms with E-state index < -0.39 is 0 Å². The minimum Gasteiger partial charge on any atom is -0.371 e. The van der Waals surface area contributed by atoms with Crippen LogP contribution < -0.4 is 10.2 Å². The zero-order valence-electron chi connectivity index (χ0n) is 12.2. The van der Waals surface area contributed by atoms with Gasteiger partial charge >= 0.3 is 0 Å². The van der Waals surface area contributed by atoms with Crippen LogP contribution in [0.2, 0.25) is 0 Å². The molecule has 0 amide bonds. The van der Waals surface area contributed by atoms with Crippen LogP contribution in [-0.4, -0.2) is 25.7 Å². The highest BCUT2D eigenvalue weighted by Gasteiger charge is 2.22. The van der Waals surface area contributed by atoms with Crippen molar-refractivity contribution in [2.45, 2.75) is 40.2 Å². The molecule has 1 aromatic carbocycles. The molecule has 1 heterocycles. The average molecular weight is 246 g/mol. The molecule has 18 heavy (non-hydrogen) atoms. The third-order valence-electron chi connectivity index (χ3n) is 3.67. The van der Waals surface area contributed by atoms with Crippen LogP contribution in [0, 0.1) is 19.8 Å². The minimum absolute atomic E-state index is 0.597. The fourth-order valence-electron chi connectivity index (χ4n) is 2.77. The highest BCUT2D eigenvalue weighted by molar-refractivity contribution is 5.51. The molecule has 1 aromatic rings. The fourth-order valence-corrected chi connectivity index (χ4v) is 2.77. The fraction of sp³-hybridized carbons (Fsp3) is 0.625. The van der Waals surface area contributed by atoms with Crippen LogP contribution >= 0.6 is 0 Å². The lowest BCUT2D eigenvalue weighted by atomic mass is 10.1. The van der Waals surface area contributed by atoms with Crippen LogP contribution in [0.3, 0.4) is 0 Å². The maximum Gasteiger partial charge on any atom is 0.0371 e. The standard InChI is InChI=1S/C16H26N2/c1-12(2)17-10-15-5-6-18(11-15)16-8-13(3)7-14(4)9-16/h7-9,12,15,17H,5-6,10-11H2,1-4H3. The lowest BCUT2D eigenvalue weighted by Gasteiger charge is -2.20. The summed E-state index contributed by atoms with van der Waals surface area (Å²) in [7, 11) is 0. The number of benzene rings is 1. The van der Waals surface area contributed by atoms with E-state index in [0.717, 1.165) is 12.5 Å². The first-order valence-electron chi connectivity index (χ1n) is 7.11. The second-order valence-corrected chi connectivity index (χ2v) is 6.01. The zero-order valence-corrected chi connectivity index (χ0v) is 12.2. The van der Waals surface area contributed by atoms with Crippen molar-refractivity contribution in [3.63, 3.8) is 0 Å². The molecular weight excluding hydrogens is 220 g/mol. The minimum atomic E-state index is 0.597. The van der Waals surface area contributed by atoms with Gasteiger partial charge in [-0.15, -0.1) is 0 Å². The summed E-state index contributed by atoms with van der Waals surface area (Å²) in [5.41, 5.74) is 4.14. The van der Waals surface area contributed by atoms with Crippen molar-refractivity contribution >= 4 is 5.69 Å². The largest absolute Gasteiger partial charge is 0.371 e. The second-order valence-electron chi connectivity index (χ2n) is 6.01. The van der Waals surface area contributed by atoms with Gasteiger partial charge in [-0.2, -0.15) is 0 Å². The van der Waals surface area contributed by atoms with Crippen LogP contribution in [0.15, 0.2) is 18.2 Å². The third kappa shape index (κ3) is 3.49. The van der Waals surface area contributed by atoms with E-state index in [4.69, 9.17) is 0 Å². The molecule has 1 aliphatic rings. The van der Waals surface area contributed by atoms with E-state index in [1.54, 1.807) is 0 Å². The Balaban J connectivity index is 1.95. The summed E-state index contributed by atoms with van der Waals surface area (Å²) in [6.07, 6.45) is 1.31. The van der Waals surface area contributed by atoms with Gasteiger partial charge in [0.25, 0.3) is 0 Å². The van der Waals surface area contributed by atoms with Crippen LogP contribution in [0.4, 0.5) is 5.69 Å². The lowest BCUT2D eigenvalue weighted by molar-refractivity contribution is 0.480. The van der Waals surface area contributed by atoms with E-state index in [1.165, 1.54) is 36.3 Å². The molecule has 0 aliphatic carbocycles. The van der Waals surface area contributed by atoms with Gasteiger partial charge in [0, 0.05) is 24.8 Å². The van der Waals surface area contributed by atoms with Crippen molar-refractivity contribution in [3.8, 4) is 0 Å². The van der Waals surface area contributed by atoms with E-state index in [9.17, 15) is 0 Å². The highest BCUT2D eigenvalue weighted by Crippen LogP contribution is 2.25. The Morgan fingerprint density at radius 2 is 1.89 bits per heavy atom. The first-order chi connectivity index (χ1) is 8.54. The Morgan fingerprint density at radius 1 is 1.22 bits per heavy atom. The summed E-state index contributed by atoms with van der Waals surface area (Å²) in [6, 6.07) is 7.47. The number of nitrogens with one attached hydrogen (secondary N) is 1. The molecule has 1 saturated heterocycles. The number of rotatable bonds is 4. The Morgan fingerprint density at radius 3 is 2.50 bits per heavy atom. The van der Waals surface area contributed by atoms with Gasteiger partial charge in [-0.25, -0.2) is 0 Å². The van der Waals surface area contributed by atoms with Crippen LogP contribution in [0.5, 0.6) is 0 Å². The van der Waals surface area contributed by atoms with Gasteiger partial charge in [0.2, 0.25) is 0 Å². The number of anilines is 1. The van der Waals surface area contributed by atoms with Crippen molar-refractivity contribution in [2.75, 3.05) is 24.5 Å². The predicted octanol–water partition coefficient (Wildman–Crippen LogP) is 3.13. The third-order valence-corrected chi connectivity index (χ3v) is 3.67. The van der Waals surface area contributed by atoms with Crippen LogP contribution in [-0.2, 0) is 0 Å². The molecule has 0 radical (unpaired) electrons. The van der Waals surface area contributed by atoms with Crippen molar-refractivity contribution < 1.29 is 0 Å². The molecule has 0 spiro atoms. The molecule has 2 nitrogen and oxygen atoms in total. The number of nitrogens with zero attached hydrogens (tertiary/aromatic N) is 1. The van der Waals surface area contributed by atoms with Crippen LogP contribution in [0.25, 0.3) is 0 Å². The second kappa shape index (κ2) is 5.75. The van der Waals surface area contributed by atoms with E-state index in [1.807, 2.05) is 0 Å². The highest BCUT2D eigenvalue weighted by atomic mass is 15.2. The molecule has 1 atom stereocenters. The van der Waals surface area contributed by atoms with E-state index in [0.29, 0.717) is 6.04 Å². The van der Waals surface area contributed by atoms with Crippen molar-refractivity contribution in [3.05, 3.63) is 29.3 Å². The summed E-state index contributed by atoms with van der Waals surface area (Å²) in [4.78, 5) is 2.53. The van der Waals surface area contributed by atoms with Gasteiger partial charge in [0.1, 0.15) is 0 Å². The predicted molar refractivity (Wildman–Crippen MR) is 79.4 cm³/mol. The summed E-state index contributed by atoms with van der Waals surface area (Å²) in [5, 5.41) is 3.56. The van der Waals surface area contributed by atoms with E-state index in [2.05, 4.69) is 56.1 Å². The van der Waals surface area contributed by atoms with Gasteiger partial charge in [0.05, 0.1) is 0 Å². The maximum atomic E-state index is 3.56. The molecule has 0 aromatic heterocycles. The normalized spacial score (nSPS) is 19.8. The van der Waals surface area contributed by atoms with Crippen molar-refractivity contribution in [2.24, 2.45) is 5.92 Å². The SMILES string of the molecule is Cc1cc(C)cc(N2CCC(CNC(C)C)C2)c1. The average Bonchev–Trinajstić information content (AvgIpc) is 2.73. The topological polar surface area (TPSA) is 15.3 Å². The van der Waals surface area contributed by atoms with Crippen molar-refractivity contribution in [1.82, 2.24) is 5.32 Å². The number of hydrogen-bond acceptors (Lipinski definition) is 2. The van der Waals surface area contributed by atoms with E-state index >= 15 is 0 Å². The quantitative estimate of drug-likeness (QED) is 0.878. The molecule has 1 unspecified atom stereocenters. The molecule has 1 N–H and O–H groups in total. The van der Waals surface area contributed by atoms with Gasteiger partial charge in [-0.1, -0.05) is 19.9 Å². The lowest BCUT2D eigenvalue weighted by Crippen LogP contribution is -2.30.